The number of ether oxygens (including phenoxy) is 1. The molecule has 1 aromatic rings. The van der Waals surface area contributed by atoms with Crippen molar-refractivity contribution in [3.8, 4) is 0 Å². The quantitative estimate of drug-likeness (QED) is 0.191. The molecule has 12 heteroatoms. The molecule has 3 N–H and O–H groups in total. The van der Waals surface area contributed by atoms with Crippen molar-refractivity contribution in [2.75, 3.05) is 18.6 Å². The molecule has 0 aliphatic carbocycles. The van der Waals surface area contributed by atoms with Gasteiger partial charge >= 0.3 is 17.2 Å². The van der Waals surface area contributed by atoms with Gasteiger partial charge in [-0.15, -0.1) is 16.7 Å². The Kier molecular flexibility index (Phi) is 10.2. The summed E-state index contributed by atoms with van der Waals surface area (Å²) in [5, 5.41) is 31.4. The molecule has 2 rings (SSSR count). The highest BCUT2D eigenvalue weighted by Gasteiger charge is 2.49. The number of carbonyl (C=O) groups is 2. The molecular weight excluding hydrogens is 494 g/mol. The number of amides is 1. The largest absolute Gasteiger partial charge is 0.508 e. The number of aliphatic hydroxyl groups excluding tert-OH is 1. The molecule has 1 atom stereocenters. The number of allylic oxidation sites excluding steroid dienone is 1. The first-order chi connectivity index (χ1) is 16.4. The predicted molar refractivity (Wildman–Crippen MR) is 135 cm³/mol. The van der Waals surface area contributed by atoms with E-state index in [4.69, 9.17) is 9.84 Å². The molecule has 10 nitrogen and oxygen atoms in total. The summed E-state index contributed by atoms with van der Waals surface area (Å²) in [6, 6.07) is 3.33. The molecule has 1 aromatic carbocycles. The average molecular weight is 527 g/mol. The van der Waals surface area contributed by atoms with E-state index in [0.29, 0.717) is 39.9 Å². The van der Waals surface area contributed by atoms with Gasteiger partial charge < -0.3 is 14.9 Å². The van der Waals surface area contributed by atoms with Crippen molar-refractivity contribution >= 4 is 46.4 Å². The van der Waals surface area contributed by atoms with E-state index in [2.05, 4.69) is 4.99 Å². The smallest absolute Gasteiger partial charge is 0.478 e. The van der Waals surface area contributed by atoms with Crippen LogP contribution in [-0.4, -0.2) is 61.5 Å². The molecule has 1 amide bonds. The fourth-order valence-corrected chi connectivity index (χ4v) is 5.40. The highest BCUT2D eigenvalue weighted by molar-refractivity contribution is 8.12. The zero-order valence-corrected chi connectivity index (χ0v) is 22.1. The zero-order chi connectivity index (χ0) is 26.3. The molecule has 1 aliphatic heterocycles. The van der Waals surface area contributed by atoms with Gasteiger partial charge in [0.1, 0.15) is 16.9 Å². The van der Waals surface area contributed by atoms with Gasteiger partial charge in [-0.2, -0.15) is 4.79 Å². The van der Waals surface area contributed by atoms with Crippen LogP contribution in [0, 0.1) is 10.1 Å². The third kappa shape index (κ3) is 7.21. The van der Waals surface area contributed by atoms with Crippen LogP contribution in [0.15, 0.2) is 34.4 Å². The summed E-state index contributed by atoms with van der Waals surface area (Å²) < 4.78 is 5.60. The summed E-state index contributed by atoms with van der Waals surface area (Å²) in [5.41, 5.74) is -0.446. The van der Waals surface area contributed by atoms with E-state index >= 15 is 0 Å². The van der Waals surface area contributed by atoms with E-state index < -0.39 is 28.6 Å². The van der Waals surface area contributed by atoms with E-state index in [0.717, 1.165) is 6.42 Å². The van der Waals surface area contributed by atoms with Crippen LogP contribution >= 0.6 is 23.5 Å². The van der Waals surface area contributed by atoms with Crippen molar-refractivity contribution < 1.29 is 34.5 Å². The lowest BCUT2D eigenvalue weighted by molar-refractivity contribution is -0.405. The van der Waals surface area contributed by atoms with Crippen LogP contribution in [0.1, 0.15) is 58.6 Å². The Labute approximate surface area is 213 Å². The number of carboxylic acid groups (broad SMARTS) is 1. The van der Waals surface area contributed by atoms with E-state index in [1.54, 1.807) is 40.0 Å². The van der Waals surface area contributed by atoms with Gasteiger partial charge in [0, 0.05) is 18.2 Å². The summed E-state index contributed by atoms with van der Waals surface area (Å²) in [6.07, 6.45) is 3.06. The first-order valence-electron chi connectivity index (χ1n) is 11.1. The Balaban J connectivity index is 2.71. The maximum atomic E-state index is 13.4. The maximum absolute atomic E-state index is 13.4. The highest BCUT2D eigenvalue weighted by atomic mass is 32.2. The van der Waals surface area contributed by atoms with Crippen LogP contribution in [0.3, 0.4) is 0 Å². The minimum atomic E-state index is -1.25. The number of nitrogens with one attached hydrogen (secondary N) is 1. The molecule has 0 bridgehead atoms. The monoisotopic (exact) mass is 526 g/mol. The zero-order valence-electron chi connectivity index (χ0n) is 20.5. The van der Waals surface area contributed by atoms with Crippen LogP contribution in [0.5, 0.6) is 0 Å². The van der Waals surface area contributed by atoms with E-state index in [-0.39, 0.29) is 17.9 Å². The van der Waals surface area contributed by atoms with Crippen molar-refractivity contribution in [2.24, 2.45) is 0 Å². The van der Waals surface area contributed by atoms with Crippen molar-refractivity contribution in [2.45, 2.75) is 63.5 Å². The van der Waals surface area contributed by atoms with Gasteiger partial charge in [-0.1, -0.05) is 18.6 Å². The van der Waals surface area contributed by atoms with Crippen molar-refractivity contribution in [1.82, 2.24) is 4.90 Å². The van der Waals surface area contributed by atoms with Gasteiger partial charge in [0.2, 0.25) is 0 Å². The number of nitro benzene ring substituents is 1. The van der Waals surface area contributed by atoms with E-state index in [1.165, 1.54) is 40.6 Å². The van der Waals surface area contributed by atoms with E-state index in [1.807, 2.05) is 0 Å². The number of nitrogens with zero attached hydrogens (tertiary/aromatic N) is 2. The lowest BCUT2D eigenvalue weighted by atomic mass is 9.94. The van der Waals surface area contributed by atoms with Crippen molar-refractivity contribution in [3.63, 3.8) is 0 Å². The minimum absolute atomic E-state index is 0.0701. The molecule has 35 heavy (non-hydrogen) atoms. The molecule has 0 fully saturated rings. The fraction of sp³-hybridized carbons (Fsp3) is 0.522. The first kappa shape index (κ1) is 28.7. The third-order valence-electron chi connectivity index (χ3n) is 5.03. The number of aliphatic carboxylic acids is 1. The van der Waals surface area contributed by atoms with Crippen molar-refractivity contribution in [3.05, 3.63) is 45.1 Å². The van der Waals surface area contributed by atoms with Gasteiger partial charge in [0.15, 0.2) is 6.04 Å². The second-order valence-corrected chi connectivity index (χ2v) is 10.7. The van der Waals surface area contributed by atoms with Gasteiger partial charge in [0.05, 0.1) is 9.82 Å². The van der Waals surface area contributed by atoms with Crippen LogP contribution in [0.4, 0.5) is 10.5 Å². The summed E-state index contributed by atoms with van der Waals surface area (Å²) in [5.74, 6) is -0.724. The topological polar surface area (TPSA) is 144 Å². The molecule has 0 radical (unpaired) electrons. The van der Waals surface area contributed by atoms with Gasteiger partial charge in [-0.05, 0) is 64.3 Å². The molecule has 0 saturated heterocycles. The SMILES string of the molecule is CSC1=[NH+]C(C)=C(C(=O)O)C(c2cccc([N+](=O)[O-])c2SCCCCCO)N1C(=O)OC(C)(C)C. The lowest BCUT2D eigenvalue weighted by Crippen LogP contribution is -2.77. The average Bonchev–Trinajstić information content (AvgIpc) is 2.76. The Hall–Kier alpha value is -2.57. The summed E-state index contributed by atoms with van der Waals surface area (Å²) >= 11 is 2.45. The van der Waals surface area contributed by atoms with Crippen molar-refractivity contribution in [1.29, 1.82) is 0 Å². The van der Waals surface area contributed by atoms with Gasteiger partial charge in [-0.25, -0.2) is 9.79 Å². The van der Waals surface area contributed by atoms with Crippen LogP contribution in [0.2, 0.25) is 0 Å². The number of carboxylic acids is 1. The van der Waals surface area contributed by atoms with Gasteiger partial charge in [0.25, 0.3) is 5.69 Å². The molecule has 1 unspecified atom stereocenters. The summed E-state index contributed by atoms with van der Waals surface area (Å²) in [6.45, 7) is 6.78. The number of hydrogen-bond acceptors (Lipinski definition) is 8. The fourth-order valence-electron chi connectivity index (χ4n) is 3.58. The summed E-state index contributed by atoms with van der Waals surface area (Å²) in [7, 11) is 0. The van der Waals surface area contributed by atoms with Crippen LogP contribution < -0.4 is 4.99 Å². The Morgan fingerprint density at radius 3 is 2.49 bits per heavy atom. The normalized spacial score (nSPS) is 16.2. The number of thioether (sulfide) groups is 2. The number of amidine groups is 1. The maximum Gasteiger partial charge on any atom is 0.508 e. The second-order valence-electron chi connectivity index (χ2n) is 8.82. The third-order valence-corrected chi connectivity index (χ3v) is 6.94. The molecule has 0 saturated carbocycles. The number of hydrogen-bond donors (Lipinski definition) is 3. The number of benzene rings is 1. The number of aliphatic hydroxyl groups is 1. The number of nitro groups is 1. The Bertz CT molecular complexity index is 1030. The lowest BCUT2D eigenvalue weighted by Gasteiger charge is -2.31. The standard InChI is InChI=1S/C23H31N3O7S2/c1-14-17(20(28)29)18(25(21(24-14)34-5)22(30)33-23(2,3)4)15-10-9-11-16(26(31)32)19(15)35-13-8-6-7-12-27/h9-11,18,27H,6-8,12-13H2,1-5H3,(H,28,29)/p+1. The minimum Gasteiger partial charge on any atom is -0.478 e. The second kappa shape index (κ2) is 12.4. The predicted octanol–water partition coefficient (Wildman–Crippen LogP) is 3.30. The van der Waals surface area contributed by atoms with Gasteiger partial charge in [-0.3, -0.25) is 10.1 Å². The molecule has 0 spiro atoms. The Morgan fingerprint density at radius 1 is 1.26 bits per heavy atom. The number of carbonyl (C=O) groups excluding carboxylic acids is 1. The summed E-state index contributed by atoms with van der Waals surface area (Å²) in [4.78, 5) is 41.6. The van der Waals surface area contributed by atoms with Crippen LogP contribution in [0.25, 0.3) is 0 Å². The number of unbranched alkanes of at least 4 members (excludes halogenated alkanes) is 2. The molecule has 1 aliphatic rings. The number of rotatable bonds is 9. The molecule has 0 aromatic heterocycles. The molecule has 192 valence electrons. The van der Waals surface area contributed by atoms with Crippen LogP contribution in [-0.2, 0) is 9.53 Å². The molecular formula is C23H32N3O7S2+. The first-order valence-corrected chi connectivity index (χ1v) is 13.3. The Morgan fingerprint density at radius 2 is 1.94 bits per heavy atom. The highest BCUT2D eigenvalue weighted by Crippen LogP contribution is 2.42. The van der Waals surface area contributed by atoms with E-state index in [9.17, 15) is 24.8 Å². The molecule has 1 heterocycles.